The van der Waals surface area contributed by atoms with Crippen LogP contribution in [0.3, 0.4) is 0 Å². The average molecular weight is 370 g/mol. The number of likely N-dealkylation sites (tertiary alicyclic amines) is 1. The molecular weight excluding hydrogens is 340 g/mol. The van der Waals surface area contributed by atoms with E-state index in [1.54, 1.807) is 6.92 Å². The van der Waals surface area contributed by atoms with Gasteiger partial charge in [-0.1, -0.05) is 0 Å². The van der Waals surface area contributed by atoms with Gasteiger partial charge in [-0.2, -0.15) is 0 Å². The highest BCUT2D eigenvalue weighted by atomic mass is 16.5. The Morgan fingerprint density at radius 2 is 2.07 bits per heavy atom. The van der Waals surface area contributed by atoms with Gasteiger partial charge in [0.25, 0.3) is 0 Å². The van der Waals surface area contributed by atoms with Crippen LogP contribution in [0.2, 0.25) is 0 Å². The molecule has 146 valence electrons. The molecule has 1 amide bonds. The van der Waals surface area contributed by atoms with Crippen molar-refractivity contribution in [1.82, 2.24) is 19.2 Å². The van der Waals surface area contributed by atoms with Crippen LogP contribution in [0.4, 0.5) is 0 Å². The first kappa shape index (κ1) is 18.4. The number of ether oxygens (including phenoxy) is 1. The Morgan fingerprint density at radius 3 is 2.78 bits per heavy atom. The predicted octanol–water partition coefficient (Wildman–Crippen LogP) is 2.24. The topological polar surface area (TPSA) is 50.1 Å². The number of piperidine rings is 1. The summed E-state index contributed by atoms with van der Waals surface area (Å²) < 4.78 is 8.30. The van der Waals surface area contributed by atoms with Crippen LogP contribution in [0, 0.1) is 6.92 Å². The summed E-state index contributed by atoms with van der Waals surface area (Å²) in [5.41, 5.74) is 4.75. The number of hydrogen-bond acceptors (Lipinski definition) is 4. The third-order valence-electron chi connectivity index (χ3n) is 6.00. The molecule has 4 heterocycles. The number of fused-ring (bicyclic) bond motifs is 1. The van der Waals surface area contributed by atoms with E-state index in [2.05, 4.69) is 41.6 Å². The fourth-order valence-corrected chi connectivity index (χ4v) is 4.42. The molecule has 1 atom stereocenters. The zero-order valence-corrected chi connectivity index (χ0v) is 16.6. The first-order valence-electron chi connectivity index (χ1n) is 10.0. The number of nitrogens with zero attached hydrogens (tertiary/aromatic N) is 4. The molecule has 2 aromatic rings. The molecule has 2 aliphatic heterocycles. The van der Waals surface area contributed by atoms with E-state index in [1.807, 2.05) is 4.90 Å². The van der Waals surface area contributed by atoms with Crippen LogP contribution < -0.4 is 0 Å². The highest BCUT2D eigenvalue weighted by Crippen LogP contribution is 2.32. The van der Waals surface area contributed by atoms with Crippen LogP contribution >= 0.6 is 0 Å². The van der Waals surface area contributed by atoms with Crippen molar-refractivity contribution in [3.8, 4) is 0 Å². The van der Waals surface area contributed by atoms with E-state index in [1.165, 1.54) is 17.0 Å². The number of aromatic nitrogens is 2. The maximum atomic E-state index is 11.7. The zero-order valence-electron chi connectivity index (χ0n) is 16.6. The Morgan fingerprint density at radius 1 is 1.30 bits per heavy atom. The average Bonchev–Trinajstić information content (AvgIpc) is 2.99. The van der Waals surface area contributed by atoms with E-state index in [0.29, 0.717) is 5.92 Å². The van der Waals surface area contributed by atoms with Crippen molar-refractivity contribution in [3.05, 3.63) is 35.3 Å². The molecule has 4 rings (SSSR count). The van der Waals surface area contributed by atoms with Gasteiger partial charge in [0.2, 0.25) is 5.91 Å². The van der Waals surface area contributed by atoms with Gasteiger partial charge >= 0.3 is 0 Å². The van der Waals surface area contributed by atoms with Gasteiger partial charge in [0.05, 0.1) is 18.4 Å². The van der Waals surface area contributed by atoms with Crippen molar-refractivity contribution in [2.45, 2.75) is 45.1 Å². The fourth-order valence-electron chi connectivity index (χ4n) is 4.42. The van der Waals surface area contributed by atoms with Crippen molar-refractivity contribution in [2.75, 3.05) is 39.8 Å². The van der Waals surface area contributed by atoms with E-state index >= 15 is 0 Å². The molecule has 2 fully saturated rings. The lowest BCUT2D eigenvalue weighted by Gasteiger charge is -2.32. The van der Waals surface area contributed by atoms with Crippen LogP contribution in [-0.2, 0) is 16.0 Å². The fraction of sp³-hybridized carbons (Fsp3) is 0.619. The van der Waals surface area contributed by atoms with Crippen LogP contribution in [0.25, 0.3) is 5.65 Å². The summed E-state index contributed by atoms with van der Waals surface area (Å²) in [6, 6.07) is 4.31. The zero-order chi connectivity index (χ0) is 19.0. The van der Waals surface area contributed by atoms with Crippen molar-refractivity contribution < 1.29 is 9.53 Å². The number of amides is 1. The minimum atomic E-state index is 0.179. The number of imidazole rings is 1. The number of carbonyl (C=O) groups is 1. The third-order valence-corrected chi connectivity index (χ3v) is 6.00. The summed E-state index contributed by atoms with van der Waals surface area (Å²) in [6.45, 7) is 8.18. The molecule has 27 heavy (non-hydrogen) atoms. The molecule has 2 aliphatic rings. The summed E-state index contributed by atoms with van der Waals surface area (Å²) in [5.74, 6) is 0.593. The quantitative estimate of drug-likeness (QED) is 0.832. The van der Waals surface area contributed by atoms with Crippen molar-refractivity contribution in [3.63, 3.8) is 0 Å². The number of carbonyl (C=O) groups excluding carboxylic acids is 1. The second-order valence-corrected chi connectivity index (χ2v) is 8.12. The number of rotatable bonds is 3. The lowest BCUT2D eigenvalue weighted by Crippen LogP contribution is -2.41. The van der Waals surface area contributed by atoms with Gasteiger partial charge in [-0.15, -0.1) is 0 Å². The molecule has 2 aromatic heterocycles. The van der Waals surface area contributed by atoms with Gasteiger partial charge in [0, 0.05) is 57.3 Å². The van der Waals surface area contributed by atoms with Crippen LogP contribution in [0.15, 0.2) is 18.3 Å². The Balaban J connectivity index is 1.63. The molecule has 0 aliphatic carbocycles. The Kier molecular flexibility index (Phi) is 5.19. The molecule has 6 heteroatoms. The van der Waals surface area contributed by atoms with Gasteiger partial charge in [-0.05, 0) is 44.5 Å². The monoisotopic (exact) mass is 370 g/mol. The molecule has 6 nitrogen and oxygen atoms in total. The van der Waals surface area contributed by atoms with Gasteiger partial charge in [-0.25, -0.2) is 4.98 Å². The standard InChI is InChI=1S/C21H30N4O2/c1-15-4-9-25-19(13-18-14-23(3)10-11-27-18)21(22-20(25)12-15)17-5-7-24(8-6-17)16(2)26/h4,9,12,17-18H,5-8,10-11,13-14H2,1-3H3. The van der Waals surface area contributed by atoms with Gasteiger partial charge in [-0.3, -0.25) is 4.79 Å². The lowest BCUT2D eigenvalue weighted by molar-refractivity contribution is -0.129. The summed E-state index contributed by atoms with van der Waals surface area (Å²) in [6.07, 6.45) is 5.22. The van der Waals surface area contributed by atoms with E-state index in [0.717, 1.165) is 57.7 Å². The first-order valence-corrected chi connectivity index (χ1v) is 10.0. The highest BCUT2D eigenvalue weighted by Gasteiger charge is 2.29. The number of hydrogen-bond donors (Lipinski definition) is 0. The Bertz CT molecular complexity index is 823. The SMILES string of the molecule is CC(=O)N1CCC(c2nc3cc(C)ccn3c2CC2CN(C)CCO2)CC1. The van der Waals surface area contributed by atoms with E-state index in [-0.39, 0.29) is 12.0 Å². The van der Waals surface area contributed by atoms with Gasteiger partial charge in [0.1, 0.15) is 5.65 Å². The van der Waals surface area contributed by atoms with E-state index in [9.17, 15) is 4.79 Å². The molecule has 2 saturated heterocycles. The van der Waals surface area contributed by atoms with Crippen LogP contribution in [-0.4, -0.2) is 71.0 Å². The number of pyridine rings is 1. The second-order valence-electron chi connectivity index (χ2n) is 8.12. The molecular formula is C21H30N4O2. The van der Waals surface area contributed by atoms with Crippen LogP contribution in [0.5, 0.6) is 0 Å². The number of morpholine rings is 1. The minimum absolute atomic E-state index is 0.179. The molecule has 1 unspecified atom stereocenters. The van der Waals surface area contributed by atoms with E-state index in [4.69, 9.17) is 9.72 Å². The van der Waals surface area contributed by atoms with Crippen molar-refractivity contribution in [1.29, 1.82) is 0 Å². The Labute approximate surface area is 161 Å². The molecule has 0 N–H and O–H groups in total. The third kappa shape index (κ3) is 3.87. The second kappa shape index (κ2) is 7.60. The lowest BCUT2D eigenvalue weighted by atomic mass is 9.91. The first-order chi connectivity index (χ1) is 13.0. The van der Waals surface area contributed by atoms with Crippen LogP contribution in [0.1, 0.15) is 42.6 Å². The molecule has 0 aromatic carbocycles. The van der Waals surface area contributed by atoms with Crippen molar-refractivity contribution >= 4 is 11.6 Å². The normalized spacial score (nSPS) is 22.5. The van der Waals surface area contributed by atoms with Gasteiger partial charge in [0.15, 0.2) is 0 Å². The number of likely N-dealkylation sites (N-methyl/N-ethyl adjacent to an activating group) is 1. The minimum Gasteiger partial charge on any atom is -0.375 e. The summed E-state index contributed by atoms with van der Waals surface area (Å²) in [5, 5.41) is 0. The summed E-state index contributed by atoms with van der Waals surface area (Å²) in [4.78, 5) is 21.0. The smallest absolute Gasteiger partial charge is 0.219 e. The maximum Gasteiger partial charge on any atom is 0.219 e. The molecule has 0 spiro atoms. The molecule has 0 bridgehead atoms. The summed E-state index contributed by atoms with van der Waals surface area (Å²) in [7, 11) is 2.16. The maximum absolute atomic E-state index is 11.7. The Hall–Kier alpha value is -1.92. The molecule has 0 saturated carbocycles. The molecule has 0 radical (unpaired) electrons. The van der Waals surface area contributed by atoms with Gasteiger partial charge < -0.3 is 18.9 Å². The van der Waals surface area contributed by atoms with Crippen molar-refractivity contribution in [2.24, 2.45) is 0 Å². The largest absolute Gasteiger partial charge is 0.375 e. The van der Waals surface area contributed by atoms with E-state index < -0.39 is 0 Å². The predicted molar refractivity (Wildman–Crippen MR) is 105 cm³/mol. The summed E-state index contributed by atoms with van der Waals surface area (Å²) >= 11 is 0. The number of aryl methyl sites for hydroxylation is 1. The highest BCUT2D eigenvalue weighted by molar-refractivity contribution is 5.73.